The minimum absolute atomic E-state index is 0.139. The molecule has 2 aromatic rings. The SMILES string of the molecule is Fc1ccc(-c2cnc(C3CC4CCC3N4)[nH]2)cc1Cl. The Morgan fingerprint density at radius 1 is 1.30 bits per heavy atom. The first-order valence-corrected chi connectivity index (χ1v) is 7.35. The molecule has 2 fully saturated rings. The highest BCUT2D eigenvalue weighted by atomic mass is 35.5. The molecule has 20 heavy (non-hydrogen) atoms. The van der Waals surface area contributed by atoms with Gasteiger partial charge >= 0.3 is 0 Å². The number of hydrogen-bond acceptors (Lipinski definition) is 2. The predicted molar refractivity (Wildman–Crippen MR) is 76.3 cm³/mol. The maximum atomic E-state index is 13.2. The number of nitrogens with zero attached hydrogens (tertiary/aromatic N) is 1. The molecule has 2 bridgehead atoms. The van der Waals surface area contributed by atoms with Crippen molar-refractivity contribution in [3.8, 4) is 11.3 Å². The van der Waals surface area contributed by atoms with Crippen molar-refractivity contribution in [1.29, 1.82) is 0 Å². The lowest BCUT2D eigenvalue weighted by Gasteiger charge is -2.17. The second-order valence-corrected chi connectivity index (χ2v) is 6.11. The van der Waals surface area contributed by atoms with E-state index in [1.807, 2.05) is 6.20 Å². The molecule has 3 heterocycles. The van der Waals surface area contributed by atoms with Crippen molar-refractivity contribution in [3.63, 3.8) is 0 Å². The lowest BCUT2D eigenvalue weighted by molar-refractivity contribution is 0.490. The summed E-state index contributed by atoms with van der Waals surface area (Å²) in [6.45, 7) is 0. The Morgan fingerprint density at radius 2 is 2.20 bits per heavy atom. The topological polar surface area (TPSA) is 40.7 Å². The van der Waals surface area contributed by atoms with Gasteiger partial charge in [-0.3, -0.25) is 0 Å². The largest absolute Gasteiger partial charge is 0.342 e. The summed E-state index contributed by atoms with van der Waals surface area (Å²) in [5, 5.41) is 3.75. The van der Waals surface area contributed by atoms with Crippen LogP contribution in [0, 0.1) is 5.82 Å². The Hall–Kier alpha value is -1.39. The molecule has 0 amide bonds. The number of aromatic nitrogens is 2. The number of benzene rings is 1. The van der Waals surface area contributed by atoms with Gasteiger partial charge < -0.3 is 10.3 Å². The van der Waals surface area contributed by atoms with E-state index in [2.05, 4.69) is 15.3 Å². The number of imidazole rings is 1. The molecule has 2 saturated heterocycles. The van der Waals surface area contributed by atoms with Gasteiger partial charge in [-0.05, 0) is 37.5 Å². The Balaban J connectivity index is 1.63. The highest BCUT2D eigenvalue weighted by Gasteiger charge is 2.41. The van der Waals surface area contributed by atoms with Gasteiger partial charge in [0.15, 0.2) is 0 Å². The molecule has 0 radical (unpaired) electrons. The van der Waals surface area contributed by atoms with Gasteiger partial charge in [-0.15, -0.1) is 0 Å². The number of fused-ring (bicyclic) bond motifs is 2. The zero-order chi connectivity index (χ0) is 13.7. The molecule has 0 aliphatic carbocycles. The fourth-order valence-electron chi connectivity index (χ4n) is 3.46. The third-order valence-electron chi connectivity index (χ3n) is 4.48. The maximum absolute atomic E-state index is 13.2. The van der Waals surface area contributed by atoms with Crippen molar-refractivity contribution < 1.29 is 4.39 Å². The summed E-state index contributed by atoms with van der Waals surface area (Å²) in [5.41, 5.74) is 1.76. The molecular weight excluding hydrogens is 277 g/mol. The van der Waals surface area contributed by atoms with Crippen LogP contribution in [-0.2, 0) is 0 Å². The molecule has 1 aromatic heterocycles. The van der Waals surface area contributed by atoms with Crippen LogP contribution in [0.5, 0.6) is 0 Å². The number of H-pyrrole nitrogens is 1. The molecule has 4 rings (SSSR count). The molecule has 3 nitrogen and oxygen atoms in total. The zero-order valence-electron chi connectivity index (χ0n) is 10.9. The third-order valence-corrected chi connectivity index (χ3v) is 4.77. The number of rotatable bonds is 2. The van der Waals surface area contributed by atoms with Crippen molar-refractivity contribution in [3.05, 3.63) is 41.1 Å². The maximum Gasteiger partial charge on any atom is 0.141 e. The van der Waals surface area contributed by atoms with Crippen LogP contribution < -0.4 is 5.32 Å². The summed E-state index contributed by atoms with van der Waals surface area (Å²) in [6, 6.07) is 5.94. The van der Waals surface area contributed by atoms with Crippen LogP contribution in [-0.4, -0.2) is 22.1 Å². The van der Waals surface area contributed by atoms with Crippen molar-refractivity contribution in [1.82, 2.24) is 15.3 Å². The first-order valence-electron chi connectivity index (χ1n) is 6.97. The van der Waals surface area contributed by atoms with E-state index in [1.54, 1.807) is 12.1 Å². The molecule has 3 unspecified atom stereocenters. The average Bonchev–Trinajstić information content (AvgIpc) is 3.16. The smallest absolute Gasteiger partial charge is 0.141 e. The third kappa shape index (κ3) is 1.95. The van der Waals surface area contributed by atoms with E-state index in [0.29, 0.717) is 18.0 Å². The van der Waals surface area contributed by atoms with E-state index in [0.717, 1.165) is 23.5 Å². The molecule has 5 heteroatoms. The van der Waals surface area contributed by atoms with E-state index in [9.17, 15) is 4.39 Å². The Kier molecular flexibility index (Phi) is 2.82. The summed E-state index contributed by atoms with van der Waals surface area (Å²) in [7, 11) is 0. The minimum Gasteiger partial charge on any atom is -0.342 e. The lowest BCUT2D eigenvalue weighted by atomic mass is 9.89. The quantitative estimate of drug-likeness (QED) is 0.889. The summed E-state index contributed by atoms with van der Waals surface area (Å²) in [4.78, 5) is 7.88. The summed E-state index contributed by atoms with van der Waals surface area (Å²) >= 11 is 5.83. The van der Waals surface area contributed by atoms with Crippen molar-refractivity contribution in [2.45, 2.75) is 37.3 Å². The Bertz CT molecular complexity index is 654. The fraction of sp³-hybridized carbons (Fsp3) is 0.400. The normalized spacial score (nSPS) is 28.2. The highest BCUT2D eigenvalue weighted by Crippen LogP contribution is 2.39. The van der Waals surface area contributed by atoms with Crippen LogP contribution in [0.15, 0.2) is 24.4 Å². The van der Waals surface area contributed by atoms with Gasteiger partial charge in [0.05, 0.1) is 16.9 Å². The standard InChI is InChI=1S/C15H15ClFN3/c16-11-5-8(1-3-12(11)17)14-7-18-15(20-14)10-6-9-2-4-13(10)19-9/h1,3,5,7,9-10,13,19H,2,4,6H2,(H,18,20). The lowest BCUT2D eigenvalue weighted by Crippen LogP contribution is -2.22. The van der Waals surface area contributed by atoms with Gasteiger partial charge in [-0.1, -0.05) is 11.6 Å². The number of nitrogens with one attached hydrogen (secondary N) is 2. The van der Waals surface area contributed by atoms with E-state index in [1.165, 1.54) is 18.9 Å². The summed E-state index contributed by atoms with van der Waals surface area (Å²) in [6.07, 6.45) is 5.47. The van der Waals surface area contributed by atoms with Crippen LogP contribution in [0.25, 0.3) is 11.3 Å². The van der Waals surface area contributed by atoms with Gasteiger partial charge in [-0.2, -0.15) is 0 Å². The van der Waals surface area contributed by atoms with Crippen molar-refractivity contribution in [2.75, 3.05) is 0 Å². The second-order valence-electron chi connectivity index (χ2n) is 5.70. The fourth-order valence-corrected chi connectivity index (χ4v) is 3.64. The van der Waals surface area contributed by atoms with Crippen molar-refractivity contribution in [2.24, 2.45) is 0 Å². The van der Waals surface area contributed by atoms with Crippen LogP contribution in [0.4, 0.5) is 4.39 Å². The molecule has 0 spiro atoms. The van der Waals surface area contributed by atoms with Gasteiger partial charge in [0.25, 0.3) is 0 Å². The molecule has 2 aliphatic rings. The van der Waals surface area contributed by atoms with E-state index in [4.69, 9.17) is 11.6 Å². The number of halogens is 2. The monoisotopic (exact) mass is 291 g/mol. The molecule has 104 valence electrons. The van der Waals surface area contributed by atoms with Gasteiger partial charge in [0.2, 0.25) is 0 Å². The molecule has 2 aliphatic heterocycles. The molecule has 2 N–H and O–H groups in total. The van der Waals surface area contributed by atoms with E-state index >= 15 is 0 Å². The van der Waals surface area contributed by atoms with Gasteiger partial charge in [0.1, 0.15) is 11.6 Å². The first kappa shape index (κ1) is 12.4. The summed E-state index contributed by atoms with van der Waals surface area (Å²) in [5.74, 6) is 1.10. The predicted octanol–water partition coefficient (Wildman–Crippen LogP) is 3.48. The number of aromatic amines is 1. The van der Waals surface area contributed by atoms with Crippen LogP contribution in [0.3, 0.4) is 0 Å². The Labute approximate surface area is 121 Å². The van der Waals surface area contributed by atoms with Crippen LogP contribution >= 0.6 is 11.6 Å². The van der Waals surface area contributed by atoms with Crippen LogP contribution in [0.2, 0.25) is 5.02 Å². The van der Waals surface area contributed by atoms with E-state index < -0.39 is 5.82 Å². The van der Waals surface area contributed by atoms with E-state index in [-0.39, 0.29) is 5.02 Å². The molecule has 1 aromatic carbocycles. The van der Waals surface area contributed by atoms with Gasteiger partial charge in [-0.25, -0.2) is 9.37 Å². The first-order chi connectivity index (χ1) is 9.70. The minimum atomic E-state index is -0.396. The Morgan fingerprint density at radius 3 is 2.90 bits per heavy atom. The molecule has 3 atom stereocenters. The van der Waals surface area contributed by atoms with Gasteiger partial charge in [0, 0.05) is 23.6 Å². The summed E-state index contributed by atoms with van der Waals surface area (Å²) < 4.78 is 13.2. The molecular formula is C15H15ClFN3. The highest BCUT2D eigenvalue weighted by molar-refractivity contribution is 6.31. The van der Waals surface area contributed by atoms with Crippen LogP contribution in [0.1, 0.15) is 31.0 Å². The second kappa shape index (κ2) is 4.57. The molecule has 0 saturated carbocycles. The number of hydrogen-bond donors (Lipinski definition) is 2. The average molecular weight is 292 g/mol. The van der Waals surface area contributed by atoms with Crippen molar-refractivity contribution >= 4 is 11.6 Å². The zero-order valence-corrected chi connectivity index (χ0v) is 11.6.